The summed E-state index contributed by atoms with van der Waals surface area (Å²) in [4.78, 5) is 12.0. The number of fused-ring (bicyclic) bond motifs is 5. The van der Waals surface area contributed by atoms with Crippen molar-refractivity contribution in [1.29, 1.82) is 0 Å². The zero-order chi connectivity index (χ0) is 21.1. The molecule has 3 fully saturated rings. The Hall–Kier alpha value is -3.09. The molecular formula is C24H21F3N4. The number of para-hydroxylation sites is 1. The van der Waals surface area contributed by atoms with E-state index >= 15 is 0 Å². The quantitative estimate of drug-likeness (QED) is 0.414. The number of aromatic amines is 1. The Morgan fingerprint density at radius 1 is 0.935 bits per heavy atom. The number of nitrogens with one attached hydrogen (secondary N) is 2. The van der Waals surface area contributed by atoms with Crippen LogP contribution < -0.4 is 5.32 Å². The zero-order valence-electron chi connectivity index (χ0n) is 16.8. The first-order valence-electron chi connectivity index (χ1n) is 10.8. The van der Waals surface area contributed by atoms with Crippen molar-refractivity contribution in [2.45, 2.75) is 38.1 Å². The molecular weight excluding hydrogens is 401 g/mol. The number of hydrogen-bond donors (Lipinski definition) is 2. The van der Waals surface area contributed by atoms with Gasteiger partial charge in [0.05, 0.1) is 5.52 Å². The molecule has 3 saturated carbocycles. The van der Waals surface area contributed by atoms with Crippen LogP contribution in [-0.4, -0.2) is 21.0 Å². The van der Waals surface area contributed by atoms with Gasteiger partial charge in [0.1, 0.15) is 28.8 Å². The van der Waals surface area contributed by atoms with Crippen LogP contribution in [0.1, 0.15) is 32.1 Å². The molecule has 7 rings (SSSR count). The molecule has 1 unspecified atom stereocenters. The fraction of sp³-hybridized carbons (Fsp3) is 0.333. The number of benzene rings is 2. The third-order valence-electron chi connectivity index (χ3n) is 6.99. The first kappa shape index (κ1) is 18.7. The van der Waals surface area contributed by atoms with Crippen molar-refractivity contribution < 1.29 is 13.2 Å². The summed E-state index contributed by atoms with van der Waals surface area (Å²) in [7, 11) is 0. The van der Waals surface area contributed by atoms with Gasteiger partial charge in [-0.25, -0.2) is 23.1 Å². The van der Waals surface area contributed by atoms with Crippen molar-refractivity contribution in [3.05, 3.63) is 54.0 Å². The van der Waals surface area contributed by atoms with E-state index in [0.717, 1.165) is 18.4 Å². The van der Waals surface area contributed by atoms with Crippen LogP contribution in [0.5, 0.6) is 0 Å². The van der Waals surface area contributed by atoms with E-state index in [-0.39, 0.29) is 16.9 Å². The van der Waals surface area contributed by atoms with Crippen molar-refractivity contribution in [1.82, 2.24) is 15.0 Å². The molecule has 7 heteroatoms. The summed E-state index contributed by atoms with van der Waals surface area (Å²) in [6.45, 7) is 0. The number of anilines is 1. The molecule has 0 amide bonds. The summed E-state index contributed by atoms with van der Waals surface area (Å²) >= 11 is 0. The lowest BCUT2D eigenvalue weighted by Gasteiger charge is -2.43. The standard InChI is InChI=1S/C24H21F3N4/c25-14-9-16-17(11-28-21(16)19(27)10-14)24-30-22-15(2-1-3-18(22)26)23(31-24)29-20-8-12-4-6-13(20)7-5-12/h1-3,9-13,20,28H,4-8H2,(H,29,30,31). The van der Waals surface area contributed by atoms with Gasteiger partial charge in [-0.15, -0.1) is 0 Å². The molecule has 4 nitrogen and oxygen atoms in total. The minimum atomic E-state index is -0.690. The SMILES string of the molecule is Fc1cc(F)c2[nH]cc(-c3nc(NC4CC5CCC4CC5)c4cccc(F)c4n3)c2c1. The van der Waals surface area contributed by atoms with E-state index in [1.165, 1.54) is 37.8 Å². The fourth-order valence-electron chi connectivity index (χ4n) is 5.42. The molecule has 1 atom stereocenters. The highest BCUT2D eigenvalue weighted by Crippen LogP contribution is 2.43. The molecule has 0 aliphatic heterocycles. The van der Waals surface area contributed by atoms with E-state index in [0.29, 0.717) is 34.1 Å². The Balaban J connectivity index is 1.51. The summed E-state index contributed by atoms with van der Waals surface area (Å²) in [6, 6.07) is 7.18. The van der Waals surface area contributed by atoms with Crippen LogP contribution in [0.15, 0.2) is 36.5 Å². The van der Waals surface area contributed by atoms with E-state index < -0.39 is 17.5 Å². The number of hydrogen-bond acceptors (Lipinski definition) is 3. The highest BCUT2D eigenvalue weighted by molar-refractivity contribution is 5.97. The van der Waals surface area contributed by atoms with Gasteiger partial charge in [0.2, 0.25) is 0 Å². The lowest BCUT2D eigenvalue weighted by molar-refractivity contribution is 0.157. The van der Waals surface area contributed by atoms with Gasteiger partial charge in [-0.1, -0.05) is 18.9 Å². The second-order valence-corrected chi connectivity index (χ2v) is 8.81. The maximum absolute atomic E-state index is 14.7. The monoisotopic (exact) mass is 422 g/mol. The van der Waals surface area contributed by atoms with Crippen LogP contribution in [-0.2, 0) is 0 Å². The Morgan fingerprint density at radius 2 is 1.77 bits per heavy atom. The zero-order valence-corrected chi connectivity index (χ0v) is 16.8. The predicted molar refractivity (Wildman–Crippen MR) is 114 cm³/mol. The average molecular weight is 422 g/mol. The van der Waals surface area contributed by atoms with Gasteiger partial charge in [-0.05, 0) is 49.3 Å². The molecule has 2 heterocycles. The van der Waals surface area contributed by atoms with Gasteiger partial charge in [0, 0.05) is 34.6 Å². The number of nitrogens with zero attached hydrogens (tertiary/aromatic N) is 2. The predicted octanol–water partition coefficient (Wildman–Crippen LogP) is 6.19. The van der Waals surface area contributed by atoms with Crippen molar-refractivity contribution in [3.8, 4) is 11.4 Å². The topological polar surface area (TPSA) is 53.6 Å². The Labute approximate surface area is 176 Å². The smallest absolute Gasteiger partial charge is 0.164 e. The second-order valence-electron chi connectivity index (χ2n) is 8.81. The van der Waals surface area contributed by atoms with Crippen molar-refractivity contribution in [3.63, 3.8) is 0 Å². The van der Waals surface area contributed by atoms with Gasteiger partial charge in [-0.3, -0.25) is 0 Å². The summed E-state index contributed by atoms with van der Waals surface area (Å²) in [5.41, 5.74) is 0.807. The minimum Gasteiger partial charge on any atom is -0.366 e. The third-order valence-corrected chi connectivity index (χ3v) is 6.99. The first-order valence-corrected chi connectivity index (χ1v) is 10.8. The second kappa shape index (κ2) is 6.97. The number of halogens is 3. The summed E-state index contributed by atoms with van der Waals surface area (Å²) in [6.07, 6.45) is 7.59. The Bertz CT molecular complexity index is 1310. The lowest BCUT2D eigenvalue weighted by atomic mass is 9.68. The van der Waals surface area contributed by atoms with Gasteiger partial charge in [0.15, 0.2) is 5.82 Å². The number of H-pyrrole nitrogens is 1. The van der Waals surface area contributed by atoms with Gasteiger partial charge in [-0.2, -0.15) is 0 Å². The van der Waals surface area contributed by atoms with Crippen LogP contribution in [0.25, 0.3) is 33.2 Å². The molecule has 31 heavy (non-hydrogen) atoms. The van der Waals surface area contributed by atoms with Crippen LogP contribution in [0.2, 0.25) is 0 Å². The first-order chi connectivity index (χ1) is 15.1. The van der Waals surface area contributed by atoms with Crippen molar-refractivity contribution in [2.75, 3.05) is 5.32 Å². The van der Waals surface area contributed by atoms with Crippen molar-refractivity contribution >= 4 is 27.6 Å². The molecule has 0 saturated heterocycles. The maximum Gasteiger partial charge on any atom is 0.164 e. The molecule has 2 N–H and O–H groups in total. The lowest BCUT2D eigenvalue weighted by Crippen LogP contribution is -2.40. The van der Waals surface area contributed by atoms with E-state index in [2.05, 4.69) is 15.3 Å². The molecule has 2 aromatic carbocycles. The fourth-order valence-corrected chi connectivity index (χ4v) is 5.42. The summed E-state index contributed by atoms with van der Waals surface area (Å²) in [5.74, 6) is 0.293. The van der Waals surface area contributed by atoms with Gasteiger partial charge < -0.3 is 10.3 Å². The molecule has 0 radical (unpaired) electrons. The van der Waals surface area contributed by atoms with E-state index in [1.54, 1.807) is 18.3 Å². The normalized spacial score (nSPS) is 23.0. The van der Waals surface area contributed by atoms with Crippen LogP contribution in [0.3, 0.4) is 0 Å². The highest BCUT2D eigenvalue weighted by Gasteiger charge is 2.36. The van der Waals surface area contributed by atoms with Crippen LogP contribution in [0, 0.1) is 29.3 Å². The molecule has 3 aliphatic rings. The van der Waals surface area contributed by atoms with Crippen molar-refractivity contribution in [2.24, 2.45) is 11.8 Å². The number of rotatable bonds is 3. The average Bonchev–Trinajstić information content (AvgIpc) is 3.19. The Morgan fingerprint density at radius 3 is 2.55 bits per heavy atom. The van der Waals surface area contributed by atoms with Gasteiger partial charge in [0.25, 0.3) is 0 Å². The van der Waals surface area contributed by atoms with Crippen LogP contribution in [0.4, 0.5) is 19.0 Å². The molecule has 3 aliphatic carbocycles. The molecule has 2 aromatic heterocycles. The van der Waals surface area contributed by atoms with E-state index in [4.69, 9.17) is 4.98 Å². The number of aromatic nitrogens is 3. The molecule has 4 aromatic rings. The summed E-state index contributed by atoms with van der Waals surface area (Å²) in [5, 5.41) is 4.52. The molecule has 158 valence electrons. The molecule has 2 bridgehead atoms. The van der Waals surface area contributed by atoms with E-state index in [9.17, 15) is 13.2 Å². The summed E-state index contributed by atoms with van der Waals surface area (Å²) < 4.78 is 42.8. The van der Waals surface area contributed by atoms with Crippen LogP contribution >= 0.6 is 0 Å². The Kier molecular flexibility index (Phi) is 4.20. The minimum absolute atomic E-state index is 0.174. The van der Waals surface area contributed by atoms with Gasteiger partial charge >= 0.3 is 0 Å². The third kappa shape index (κ3) is 3.06. The van der Waals surface area contributed by atoms with E-state index in [1.807, 2.05) is 0 Å². The molecule has 0 spiro atoms. The largest absolute Gasteiger partial charge is 0.366 e. The maximum atomic E-state index is 14.7. The highest BCUT2D eigenvalue weighted by atomic mass is 19.1.